The minimum absolute atomic E-state index is 0.0318. The molecule has 1 aromatic heterocycles. The molecule has 31 heavy (non-hydrogen) atoms. The first-order chi connectivity index (χ1) is 15.1. The molecule has 164 valence electrons. The van der Waals surface area contributed by atoms with Crippen LogP contribution in [0.4, 0.5) is 0 Å². The normalized spacial score (nSPS) is 23.7. The molecule has 1 saturated heterocycles. The summed E-state index contributed by atoms with van der Waals surface area (Å²) in [6, 6.07) is 3.93. The summed E-state index contributed by atoms with van der Waals surface area (Å²) in [6.07, 6.45) is 7.29. The van der Waals surface area contributed by atoms with Gasteiger partial charge in [0.2, 0.25) is 5.91 Å². The Morgan fingerprint density at radius 2 is 2.16 bits per heavy atom. The first kappa shape index (κ1) is 19.6. The number of likely N-dealkylation sites (tertiary alicyclic amines) is 1. The molecule has 1 atom stereocenters. The molecule has 1 saturated carbocycles. The monoisotopic (exact) mass is 441 g/mol. The van der Waals surface area contributed by atoms with Gasteiger partial charge in [-0.2, -0.15) is 0 Å². The van der Waals surface area contributed by atoms with Crippen LogP contribution in [0.3, 0.4) is 0 Å². The van der Waals surface area contributed by atoms with Crippen LogP contribution in [0.15, 0.2) is 12.1 Å². The van der Waals surface area contributed by atoms with E-state index in [9.17, 15) is 4.79 Å². The van der Waals surface area contributed by atoms with Gasteiger partial charge in [0, 0.05) is 36.6 Å². The largest absolute Gasteiger partial charge is 0.487 e. The van der Waals surface area contributed by atoms with Gasteiger partial charge in [0.05, 0.1) is 11.7 Å². The van der Waals surface area contributed by atoms with Crippen LogP contribution >= 0.6 is 11.6 Å². The van der Waals surface area contributed by atoms with Crippen molar-refractivity contribution in [3.05, 3.63) is 39.7 Å². The van der Waals surface area contributed by atoms with Gasteiger partial charge in [-0.3, -0.25) is 4.79 Å². The van der Waals surface area contributed by atoms with Crippen LogP contribution in [0, 0.1) is 5.41 Å². The Bertz CT molecular complexity index is 1030. The quantitative estimate of drug-likeness (QED) is 0.772. The molecule has 1 amide bonds. The van der Waals surface area contributed by atoms with Crippen molar-refractivity contribution in [1.29, 1.82) is 0 Å². The number of aryl methyl sites for hydroxylation is 1. The van der Waals surface area contributed by atoms with Crippen molar-refractivity contribution in [3.8, 4) is 5.75 Å². The van der Waals surface area contributed by atoms with Crippen LogP contribution in [0.5, 0.6) is 5.75 Å². The second kappa shape index (κ2) is 7.48. The predicted octanol–water partition coefficient (Wildman–Crippen LogP) is 3.05. The number of carbonyl (C=O) groups excluding carboxylic acids is 1. The van der Waals surface area contributed by atoms with Gasteiger partial charge in [-0.1, -0.05) is 16.8 Å². The van der Waals surface area contributed by atoms with Crippen molar-refractivity contribution in [2.24, 2.45) is 5.41 Å². The number of nitrogens with one attached hydrogen (secondary N) is 1. The standard InChI is InChI=1S/C23H28ClN5O2/c24-16-4-5-20(31-13-18-19-3-1-2-10-29(19)27-26-18)22-15(16)6-9-25-17(22)12-28-14-23(7-8-23)11-21(28)30/h4-5,17,25H,1-3,6-14H2. The number of rotatable bonds is 5. The summed E-state index contributed by atoms with van der Waals surface area (Å²) in [5.74, 6) is 1.12. The molecule has 7 nitrogen and oxygen atoms in total. The molecule has 1 aliphatic carbocycles. The fourth-order valence-electron chi connectivity index (χ4n) is 5.52. The van der Waals surface area contributed by atoms with E-state index in [0.29, 0.717) is 19.6 Å². The number of aromatic nitrogens is 3. The van der Waals surface area contributed by atoms with Gasteiger partial charge in [-0.25, -0.2) is 4.68 Å². The van der Waals surface area contributed by atoms with E-state index in [1.807, 2.05) is 21.7 Å². The molecule has 1 aromatic carbocycles. The van der Waals surface area contributed by atoms with E-state index < -0.39 is 0 Å². The third kappa shape index (κ3) is 3.52. The Kier molecular flexibility index (Phi) is 4.72. The first-order valence-electron chi connectivity index (χ1n) is 11.5. The van der Waals surface area contributed by atoms with Crippen molar-refractivity contribution >= 4 is 17.5 Å². The number of halogens is 1. The summed E-state index contributed by atoms with van der Waals surface area (Å²) in [4.78, 5) is 14.7. The van der Waals surface area contributed by atoms with E-state index in [2.05, 4.69) is 15.6 Å². The van der Waals surface area contributed by atoms with Crippen molar-refractivity contribution < 1.29 is 9.53 Å². The van der Waals surface area contributed by atoms with Gasteiger partial charge in [-0.15, -0.1) is 5.10 Å². The van der Waals surface area contributed by atoms with Crippen LogP contribution in [-0.4, -0.2) is 45.4 Å². The number of hydrogen-bond acceptors (Lipinski definition) is 5. The third-order valence-corrected chi connectivity index (χ3v) is 7.81. The molecule has 8 heteroatoms. The summed E-state index contributed by atoms with van der Waals surface area (Å²) >= 11 is 6.59. The second-order valence-electron chi connectivity index (χ2n) is 9.60. The average Bonchev–Trinajstić information content (AvgIpc) is 3.28. The molecular weight excluding hydrogens is 414 g/mol. The molecule has 0 bridgehead atoms. The Morgan fingerprint density at radius 3 is 3.00 bits per heavy atom. The summed E-state index contributed by atoms with van der Waals surface area (Å²) in [5.41, 5.74) is 4.63. The van der Waals surface area contributed by atoms with E-state index in [4.69, 9.17) is 16.3 Å². The highest BCUT2D eigenvalue weighted by atomic mass is 35.5. The molecule has 4 heterocycles. The van der Waals surface area contributed by atoms with E-state index in [0.717, 1.165) is 66.5 Å². The van der Waals surface area contributed by atoms with Gasteiger partial charge < -0.3 is 15.0 Å². The van der Waals surface area contributed by atoms with Crippen LogP contribution in [-0.2, 0) is 30.8 Å². The molecule has 2 aromatic rings. The number of ether oxygens (including phenoxy) is 1. The van der Waals surface area contributed by atoms with Gasteiger partial charge in [0.1, 0.15) is 18.1 Å². The second-order valence-corrected chi connectivity index (χ2v) is 10.0. The highest BCUT2D eigenvalue weighted by molar-refractivity contribution is 6.31. The fourth-order valence-corrected chi connectivity index (χ4v) is 5.78. The van der Waals surface area contributed by atoms with Crippen molar-refractivity contribution in [1.82, 2.24) is 25.2 Å². The predicted molar refractivity (Wildman–Crippen MR) is 116 cm³/mol. The summed E-state index contributed by atoms with van der Waals surface area (Å²) < 4.78 is 8.34. The van der Waals surface area contributed by atoms with Gasteiger partial charge in [0.15, 0.2) is 0 Å². The lowest BCUT2D eigenvalue weighted by Gasteiger charge is -2.32. The minimum atomic E-state index is 0.0318. The summed E-state index contributed by atoms with van der Waals surface area (Å²) in [7, 11) is 0. The third-order valence-electron chi connectivity index (χ3n) is 7.46. The Balaban J connectivity index is 1.25. The van der Waals surface area contributed by atoms with Crippen LogP contribution in [0.2, 0.25) is 5.02 Å². The Morgan fingerprint density at radius 1 is 1.26 bits per heavy atom. The molecule has 1 spiro atoms. The molecule has 0 radical (unpaired) electrons. The average molecular weight is 442 g/mol. The van der Waals surface area contributed by atoms with E-state index >= 15 is 0 Å². The summed E-state index contributed by atoms with van der Waals surface area (Å²) in [6.45, 7) is 3.76. The maximum absolute atomic E-state index is 12.6. The van der Waals surface area contributed by atoms with E-state index in [-0.39, 0.29) is 17.4 Å². The number of amides is 1. The van der Waals surface area contributed by atoms with Crippen LogP contribution < -0.4 is 10.1 Å². The first-order valence-corrected chi connectivity index (χ1v) is 11.9. The lowest BCUT2D eigenvalue weighted by Crippen LogP contribution is -2.40. The molecule has 1 N–H and O–H groups in total. The maximum Gasteiger partial charge on any atom is 0.223 e. The molecule has 6 rings (SSSR count). The number of hydrogen-bond donors (Lipinski definition) is 1. The minimum Gasteiger partial charge on any atom is -0.487 e. The van der Waals surface area contributed by atoms with Crippen molar-refractivity contribution in [3.63, 3.8) is 0 Å². The zero-order valence-electron chi connectivity index (χ0n) is 17.7. The van der Waals surface area contributed by atoms with Crippen molar-refractivity contribution in [2.45, 2.75) is 64.1 Å². The lowest BCUT2D eigenvalue weighted by atomic mass is 9.92. The van der Waals surface area contributed by atoms with Crippen LogP contribution in [0.25, 0.3) is 0 Å². The smallest absolute Gasteiger partial charge is 0.223 e. The maximum atomic E-state index is 12.6. The number of fused-ring (bicyclic) bond motifs is 2. The van der Waals surface area contributed by atoms with Gasteiger partial charge >= 0.3 is 0 Å². The van der Waals surface area contributed by atoms with E-state index in [1.54, 1.807) is 0 Å². The van der Waals surface area contributed by atoms with Crippen LogP contribution in [0.1, 0.15) is 60.7 Å². The molecule has 2 fully saturated rings. The number of nitrogens with zero attached hydrogens (tertiary/aromatic N) is 4. The van der Waals surface area contributed by atoms with Gasteiger partial charge in [0.25, 0.3) is 0 Å². The van der Waals surface area contributed by atoms with Crippen molar-refractivity contribution in [2.75, 3.05) is 19.6 Å². The van der Waals surface area contributed by atoms with Gasteiger partial charge in [-0.05, 0) is 68.2 Å². The lowest BCUT2D eigenvalue weighted by molar-refractivity contribution is -0.128. The zero-order chi connectivity index (χ0) is 21.0. The molecule has 1 unspecified atom stereocenters. The highest BCUT2D eigenvalue weighted by Crippen LogP contribution is 2.53. The highest BCUT2D eigenvalue weighted by Gasteiger charge is 2.52. The van der Waals surface area contributed by atoms with E-state index in [1.165, 1.54) is 25.0 Å². The summed E-state index contributed by atoms with van der Waals surface area (Å²) in [5, 5.41) is 13.1. The zero-order valence-corrected chi connectivity index (χ0v) is 18.5. The topological polar surface area (TPSA) is 72.3 Å². The fraction of sp³-hybridized carbons (Fsp3) is 0.609. The molecular formula is C23H28ClN5O2. The SMILES string of the molecule is O=C1CC2(CC2)CN1CC1NCCc2c(Cl)ccc(OCc3nnn4c3CCCC4)c21. The molecule has 3 aliphatic heterocycles. The Hall–Kier alpha value is -2.12. The number of carbonyl (C=O) groups is 1. The molecule has 4 aliphatic rings. The number of benzene rings is 1. The Labute approximate surface area is 187 Å².